The van der Waals surface area contributed by atoms with Crippen molar-refractivity contribution in [1.82, 2.24) is 5.32 Å². The van der Waals surface area contributed by atoms with Crippen molar-refractivity contribution in [2.24, 2.45) is 5.92 Å². The van der Waals surface area contributed by atoms with Crippen LogP contribution in [-0.2, 0) is 6.18 Å². The first-order chi connectivity index (χ1) is 8.45. The molecule has 0 fully saturated rings. The second-order valence-electron chi connectivity index (χ2n) is 4.22. The van der Waals surface area contributed by atoms with E-state index in [1.54, 1.807) is 6.07 Å². The quantitative estimate of drug-likeness (QED) is 0.848. The van der Waals surface area contributed by atoms with Crippen molar-refractivity contribution in [1.29, 1.82) is 0 Å². The molecule has 102 valence electrons. The molecule has 0 radical (unpaired) electrons. The topological polar surface area (TPSA) is 21.3 Å². The molecule has 1 rings (SSSR count). The average molecular weight is 261 g/mol. The van der Waals surface area contributed by atoms with Crippen molar-refractivity contribution in [3.63, 3.8) is 0 Å². The number of alkyl halides is 3. The van der Waals surface area contributed by atoms with Gasteiger partial charge in [-0.15, -0.1) is 0 Å². The Kier molecular flexibility index (Phi) is 5.47. The highest BCUT2D eigenvalue weighted by atomic mass is 19.4. The Hall–Kier alpha value is -1.23. The second kappa shape index (κ2) is 6.64. The minimum Gasteiger partial charge on any atom is -0.493 e. The zero-order valence-electron chi connectivity index (χ0n) is 10.6. The van der Waals surface area contributed by atoms with E-state index >= 15 is 0 Å². The van der Waals surface area contributed by atoms with Crippen molar-refractivity contribution in [3.8, 4) is 5.75 Å². The smallest absolute Gasteiger partial charge is 0.419 e. The van der Waals surface area contributed by atoms with Crippen LogP contribution in [0.5, 0.6) is 5.75 Å². The van der Waals surface area contributed by atoms with Gasteiger partial charge in [-0.1, -0.05) is 26.0 Å². The number of hydrogen-bond acceptors (Lipinski definition) is 2. The molecule has 0 amide bonds. The van der Waals surface area contributed by atoms with E-state index in [0.29, 0.717) is 0 Å². The van der Waals surface area contributed by atoms with E-state index in [-0.39, 0.29) is 18.3 Å². The van der Waals surface area contributed by atoms with E-state index in [9.17, 15) is 13.2 Å². The van der Waals surface area contributed by atoms with Gasteiger partial charge in [-0.05, 0) is 18.7 Å². The lowest BCUT2D eigenvalue weighted by Crippen LogP contribution is -2.25. The molecular weight excluding hydrogens is 243 g/mol. The highest BCUT2D eigenvalue weighted by molar-refractivity contribution is 5.35. The Morgan fingerprint density at radius 2 is 1.94 bits per heavy atom. The van der Waals surface area contributed by atoms with Crippen LogP contribution in [0.15, 0.2) is 24.3 Å². The first-order valence-electron chi connectivity index (χ1n) is 5.95. The van der Waals surface area contributed by atoms with Crippen LogP contribution >= 0.6 is 0 Å². The zero-order valence-corrected chi connectivity index (χ0v) is 10.6. The summed E-state index contributed by atoms with van der Waals surface area (Å²) in [6.07, 6.45) is -4.37. The van der Waals surface area contributed by atoms with Gasteiger partial charge >= 0.3 is 6.18 Å². The van der Waals surface area contributed by atoms with Crippen molar-refractivity contribution in [2.75, 3.05) is 19.7 Å². The Morgan fingerprint density at radius 1 is 1.28 bits per heavy atom. The molecule has 0 aliphatic heterocycles. The molecule has 0 heterocycles. The standard InChI is InChI=1S/C13H18F3NO/c1-3-17-8-10(2)9-18-12-7-5-4-6-11(12)13(14,15)16/h4-7,10,17H,3,8-9H2,1-2H3. The Morgan fingerprint density at radius 3 is 2.56 bits per heavy atom. The van der Waals surface area contributed by atoms with Crippen LogP contribution in [0.1, 0.15) is 19.4 Å². The van der Waals surface area contributed by atoms with Gasteiger partial charge in [0.15, 0.2) is 0 Å². The number of benzene rings is 1. The van der Waals surface area contributed by atoms with Crippen LogP contribution < -0.4 is 10.1 Å². The summed E-state index contributed by atoms with van der Waals surface area (Å²) in [5, 5.41) is 3.13. The molecule has 0 aromatic heterocycles. The number of ether oxygens (including phenoxy) is 1. The second-order valence-corrected chi connectivity index (χ2v) is 4.22. The van der Waals surface area contributed by atoms with Crippen LogP contribution in [0.25, 0.3) is 0 Å². The molecule has 0 saturated heterocycles. The molecule has 1 N–H and O–H groups in total. The lowest BCUT2D eigenvalue weighted by atomic mass is 10.2. The van der Waals surface area contributed by atoms with Crippen LogP contribution in [0, 0.1) is 5.92 Å². The maximum Gasteiger partial charge on any atom is 0.419 e. The van der Waals surface area contributed by atoms with Crippen LogP contribution in [0.4, 0.5) is 13.2 Å². The summed E-state index contributed by atoms with van der Waals surface area (Å²) in [7, 11) is 0. The fourth-order valence-electron chi connectivity index (χ4n) is 1.51. The summed E-state index contributed by atoms with van der Waals surface area (Å²) < 4.78 is 43.3. The molecule has 0 aliphatic rings. The van der Waals surface area contributed by atoms with E-state index in [4.69, 9.17) is 4.74 Å². The van der Waals surface area contributed by atoms with Gasteiger partial charge in [-0.25, -0.2) is 0 Å². The Balaban J connectivity index is 2.62. The third-order valence-electron chi connectivity index (χ3n) is 2.46. The van der Waals surface area contributed by atoms with Gasteiger partial charge in [0.1, 0.15) is 5.75 Å². The van der Waals surface area contributed by atoms with Crippen molar-refractivity contribution < 1.29 is 17.9 Å². The molecular formula is C13H18F3NO. The normalized spacial score (nSPS) is 13.4. The lowest BCUT2D eigenvalue weighted by Gasteiger charge is -2.16. The summed E-state index contributed by atoms with van der Waals surface area (Å²) >= 11 is 0. The van der Waals surface area contributed by atoms with Crippen LogP contribution in [0.3, 0.4) is 0 Å². The van der Waals surface area contributed by atoms with Crippen LogP contribution in [-0.4, -0.2) is 19.7 Å². The molecule has 0 bridgehead atoms. The van der Waals surface area contributed by atoms with Gasteiger partial charge in [0, 0.05) is 12.5 Å². The average Bonchev–Trinajstić information content (AvgIpc) is 2.33. The Labute approximate surface area is 105 Å². The zero-order chi connectivity index (χ0) is 13.6. The number of halogens is 3. The fraction of sp³-hybridized carbons (Fsp3) is 0.538. The van der Waals surface area contributed by atoms with Gasteiger partial charge < -0.3 is 10.1 Å². The predicted octanol–water partition coefficient (Wildman–Crippen LogP) is 3.33. The summed E-state index contributed by atoms with van der Waals surface area (Å²) in [6, 6.07) is 5.28. The largest absolute Gasteiger partial charge is 0.493 e. The van der Waals surface area contributed by atoms with Crippen LogP contribution in [0.2, 0.25) is 0 Å². The van der Waals surface area contributed by atoms with Gasteiger partial charge in [0.05, 0.1) is 12.2 Å². The molecule has 0 aliphatic carbocycles. The van der Waals surface area contributed by atoms with E-state index in [1.165, 1.54) is 12.1 Å². The third kappa shape index (κ3) is 4.56. The van der Waals surface area contributed by atoms with Gasteiger partial charge in [-0.2, -0.15) is 13.2 Å². The molecule has 1 atom stereocenters. The maximum absolute atomic E-state index is 12.7. The van der Waals surface area contributed by atoms with E-state index < -0.39 is 11.7 Å². The summed E-state index contributed by atoms with van der Waals surface area (Å²) in [5.74, 6) is 0.0552. The van der Waals surface area contributed by atoms with Gasteiger partial charge in [0.2, 0.25) is 0 Å². The van der Waals surface area contributed by atoms with E-state index in [0.717, 1.165) is 19.2 Å². The molecule has 5 heteroatoms. The molecule has 18 heavy (non-hydrogen) atoms. The molecule has 0 saturated carbocycles. The number of para-hydroxylation sites is 1. The van der Waals surface area contributed by atoms with Gasteiger partial charge in [-0.3, -0.25) is 0 Å². The first-order valence-corrected chi connectivity index (χ1v) is 5.95. The highest BCUT2D eigenvalue weighted by Gasteiger charge is 2.34. The van der Waals surface area contributed by atoms with E-state index in [2.05, 4.69) is 5.32 Å². The lowest BCUT2D eigenvalue weighted by molar-refractivity contribution is -0.139. The monoisotopic (exact) mass is 261 g/mol. The maximum atomic E-state index is 12.7. The fourth-order valence-corrected chi connectivity index (χ4v) is 1.51. The number of rotatable bonds is 6. The Bertz CT molecular complexity index is 365. The number of hydrogen-bond donors (Lipinski definition) is 1. The first kappa shape index (κ1) is 14.8. The van der Waals surface area contributed by atoms with Crippen molar-refractivity contribution in [2.45, 2.75) is 20.0 Å². The van der Waals surface area contributed by atoms with Gasteiger partial charge in [0.25, 0.3) is 0 Å². The molecule has 1 aromatic carbocycles. The molecule has 0 spiro atoms. The van der Waals surface area contributed by atoms with Crippen molar-refractivity contribution >= 4 is 0 Å². The SMILES string of the molecule is CCNCC(C)COc1ccccc1C(F)(F)F. The summed E-state index contributed by atoms with van der Waals surface area (Å²) in [4.78, 5) is 0. The summed E-state index contributed by atoms with van der Waals surface area (Å²) in [5.41, 5.74) is -0.722. The molecule has 1 unspecified atom stereocenters. The molecule has 1 aromatic rings. The predicted molar refractivity (Wildman–Crippen MR) is 64.6 cm³/mol. The summed E-state index contributed by atoms with van der Waals surface area (Å²) in [6.45, 7) is 5.74. The minimum atomic E-state index is -4.37. The van der Waals surface area contributed by atoms with Crippen molar-refractivity contribution in [3.05, 3.63) is 29.8 Å². The highest BCUT2D eigenvalue weighted by Crippen LogP contribution is 2.35. The molecule has 2 nitrogen and oxygen atoms in total. The van der Waals surface area contributed by atoms with E-state index in [1.807, 2.05) is 13.8 Å². The number of nitrogens with one attached hydrogen (secondary N) is 1. The third-order valence-corrected chi connectivity index (χ3v) is 2.46. The minimum absolute atomic E-state index is 0.103.